The molecule has 176 valence electrons. The first-order valence-corrected chi connectivity index (χ1v) is 10.6. The summed E-state index contributed by atoms with van der Waals surface area (Å²) in [6.45, 7) is 0.133. The van der Waals surface area contributed by atoms with Crippen LogP contribution in [0.4, 0.5) is 13.2 Å². The van der Waals surface area contributed by atoms with Gasteiger partial charge in [-0.3, -0.25) is 4.79 Å². The highest BCUT2D eigenvalue weighted by molar-refractivity contribution is 5.91. The molecule has 0 radical (unpaired) electrons. The highest BCUT2D eigenvalue weighted by Gasteiger charge is 2.41. The van der Waals surface area contributed by atoms with Gasteiger partial charge in [-0.15, -0.1) is 10.2 Å². The SMILES string of the molecule is O=C(c1nnc(-c2ncccc2F)o1)N1CCc2[nH]cnc2[C@H]1c1oc2ccccc2c1C(F)F. The third-order valence-electron chi connectivity index (χ3n) is 5.88. The van der Waals surface area contributed by atoms with Crippen LogP contribution in [0.3, 0.4) is 0 Å². The number of carbonyl (C=O) groups excluding carboxylic acids is 1. The highest BCUT2D eigenvalue weighted by atomic mass is 19.3. The van der Waals surface area contributed by atoms with Crippen molar-refractivity contribution in [3.05, 3.63) is 83.3 Å². The number of carbonyl (C=O) groups is 1. The Morgan fingerprint density at radius 3 is 2.80 bits per heavy atom. The fourth-order valence-corrected chi connectivity index (χ4v) is 4.34. The van der Waals surface area contributed by atoms with Crippen molar-refractivity contribution in [3.63, 3.8) is 0 Å². The van der Waals surface area contributed by atoms with Crippen molar-refractivity contribution >= 4 is 16.9 Å². The maximum absolute atomic E-state index is 14.3. The summed E-state index contributed by atoms with van der Waals surface area (Å²) in [6.07, 6.45) is 0.303. The zero-order valence-electron chi connectivity index (χ0n) is 17.8. The standard InChI is InChI=1S/C23H15F3N6O3/c24-12-5-3-8-27-16(12)21-30-31-22(35-21)23(33)32-9-7-13-17(29-10-28-13)18(32)19-15(20(25)26)11-4-1-2-6-14(11)34-19/h1-6,8,10,18,20H,7,9H2,(H,28,29)/t18-/m0/s1. The number of nitrogens with one attached hydrogen (secondary N) is 1. The summed E-state index contributed by atoms with van der Waals surface area (Å²) in [5.41, 5.74) is 0.809. The maximum atomic E-state index is 14.3. The molecular weight excluding hydrogens is 465 g/mol. The van der Waals surface area contributed by atoms with Gasteiger partial charge in [0.25, 0.3) is 12.3 Å². The minimum atomic E-state index is -2.86. The predicted octanol–water partition coefficient (Wildman–Crippen LogP) is 4.47. The number of nitrogens with zero attached hydrogens (tertiary/aromatic N) is 5. The Morgan fingerprint density at radius 2 is 1.97 bits per heavy atom. The van der Waals surface area contributed by atoms with Gasteiger partial charge in [-0.2, -0.15) is 0 Å². The van der Waals surface area contributed by atoms with E-state index < -0.39 is 30.1 Å². The molecule has 12 heteroatoms. The van der Waals surface area contributed by atoms with E-state index >= 15 is 0 Å². The third-order valence-corrected chi connectivity index (χ3v) is 5.88. The zero-order valence-corrected chi connectivity index (χ0v) is 17.8. The molecule has 1 aliphatic heterocycles. The third kappa shape index (κ3) is 3.36. The molecule has 0 saturated heterocycles. The number of alkyl halides is 2. The van der Waals surface area contributed by atoms with E-state index in [2.05, 4.69) is 25.1 Å². The van der Waals surface area contributed by atoms with Crippen molar-refractivity contribution in [2.24, 2.45) is 0 Å². The number of aromatic nitrogens is 5. The van der Waals surface area contributed by atoms with Gasteiger partial charge in [0.05, 0.1) is 17.6 Å². The molecule has 0 aliphatic carbocycles. The smallest absolute Gasteiger partial charge is 0.312 e. The molecular formula is C23H15F3N6O3. The molecule has 6 rings (SSSR count). The Bertz CT molecular complexity index is 1560. The summed E-state index contributed by atoms with van der Waals surface area (Å²) in [5, 5.41) is 7.75. The molecule has 9 nitrogen and oxygen atoms in total. The van der Waals surface area contributed by atoms with Crippen LogP contribution in [-0.4, -0.2) is 42.5 Å². The van der Waals surface area contributed by atoms with E-state index in [1.807, 2.05) is 0 Å². The fraction of sp³-hybridized carbons (Fsp3) is 0.174. The lowest BCUT2D eigenvalue weighted by atomic mass is 9.97. The summed E-state index contributed by atoms with van der Waals surface area (Å²) in [7, 11) is 0. The number of amides is 1. The minimum Gasteiger partial charge on any atom is -0.458 e. The first kappa shape index (κ1) is 21.1. The first-order chi connectivity index (χ1) is 17.0. The number of benzene rings is 1. The van der Waals surface area contributed by atoms with E-state index in [0.717, 1.165) is 0 Å². The molecule has 0 unspecified atom stereocenters. The van der Waals surface area contributed by atoms with Crippen LogP contribution in [0, 0.1) is 5.82 Å². The number of hydrogen-bond acceptors (Lipinski definition) is 7. The summed E-state index contributed by atoms with van der Waals surface area (Å²) < 4.78 is 53.9. The van der Waals surface area contributed by atoms with E-state index in [-0.39, 0.29) is 40.4 Å². The number of pyridine rings is 1. The van der Waals surface area contributed by atoms with Crippen molar-refractivity contribution in [2.45, 2.75) is 18.9 Å². The number of hydrogen-bond donors (Lipinski definition) is 1. The van der Waals surface area contributed by atoms with Gasteiger partial charge in [-0.05, 0) is 18.2 Å². The van der Waals surface area contributed by atoms with E-state index in [4.69, 9.17) is 8.83 Å². The average Bonchev–Trinajstić information content (AvgIpc) is 3.61. The van der Waals surface area contributed by atoms with Crippen LogP contribution in [0.1, 0.15) is 45.9 Å². The number of H-pyrrole nitrogens is 1. The Labute approximate surface area is 194 Å². The number of aromatic amines is 1. The number of furan rings is 1. The lowest BCUT2D eigenvalue weighted by Crippen LogP contribution is -2.41. The van der Waals surface area contributed by atoms with Gasteiger partial charge < -0.3 is 18.7 Å². The van der Waals surface area contributed by atoms with Gasteiger partial charge in [0.2, 0.25) is 0 Å². The van der Waals surface area contributed by atoms with Crippen molar-refractivity contribution in [1.29, 1.82) is 0 Å². The molecule has 5 heterocycles. The monoisotopic (exact) mass is 480 g/mol. The molecule has 35 heavy (non-hydrogen) atoms. The maximum Gasteiger partial charge on any atom is 0.312 e. The molecule has 0 bridgehead atoms. The van der Waals surface area contributed by atoms with Crippen molar-refractivity contribution in [3.8, 4) is 11.6 Å². The Morgan fingerprint density at radius 1 is 1.11 bits per heavy atom. The molecule has 4 aromatic heterocycles. The normalized spacial score (nSPS) is 15.7. The van der Waals surface area contributed by atoms with Crippen molar-refractivity contribution in [1.82, 2.24) is 30.0 Å². The summed E-state index contributed by atoms with van der Waals surface area (Å²) in [4.78, 5) is 25.9. The van der Waals surface area contributed by atoms with Gasteiger partial charge in [0, 0.05) is 30.2 Å². The molecule has 0 spiro atoms. The lowest BCUT2D eigenvalue weighted by Gasteiger charge is -2.33. The number of rotatable bonds is 4. The fourth-order valence-electron chi connectivity index (χ4n) is 4.34. The topological polar surface area (TPSA) is 114 Å². The van der Waals surface area contributed by atoms with Crippen LogP contribution in [-0.2, 0) is 6.42 Å². The second-order valence-electron chi connectivity index (χ2n) is 7.84. The largest absolute Gasteiger partial charge is 0.458 e. The summed E-state index contributed by atoms with van der Waals surface area (Å²) in [5.74, 6) is -2.25. The van der Waals surface area contributed by atoms with Crippen LogP contribution in [0.5, 0.6) is 0 Å². The molecule has 1 amide bonds. The summed E-state index contributed by atoms with van der Waals surface area (Å²) in [6, 6.07) is 7.92. The van der Waals surface area contributed by atoms with E-state index in [9.17, 15) is 18.0 Å². The van der Waals surface area contributed by atoms with E-state index in [1.54, 1.807) is 18.2 Å². The van der Waals surface area contributed by atoms with Crippen LogP contribution < -0.4 is 0 Å². The molecule has 5 aromatic rings. The molecule has 0 fully saturated rings. The van der Waals surface area contributed by atoms with E-state index in [1.165, 1.54) is 35.6 Å². The Balaban J connectivity index is 1.46. The zero-order chi connectivity index (χ0) is 24.1. The number of imidazole rings is 1. The van der Waals surface area contributed by atoms with Gasteiger partial charge in [0.15, 0.2) is 11.5 Å². The van der Waals surface area contributed by atoms with Gasteiger partial charge >= 0.3 is 11.8 Å². The lowest BCUT2D eigenvalue weighted by molar-refractivity contribution is 0.0623. The van der Waals surface area contributed by atoms with Crippen LogP contribution in [0.2, 0.25) is 0 Å². The van der Waals surface area contributed by atoms with Gasteiger partial charge in [0.1, 0.15) is 17.4 Å². The molecule has 1 aromatic carbocycles. The van der Waals surface area contributed by atoms with Crippen molar-refractivity contribution < 1.29 is 26.8 Å². The number of para-hydroxylation sites is 1. The number of halogens is 3. The molecule has 1 aliphatic rings. The minimum absolute atomic E-state index is 0.0990. The second-order valence-corrected chi connectivity index (χ2v) is 7.84. The first-order valence-electron chi connectivity index (χ1n) is 10.6. The number of fused-ring (bicyclic) bond motifs is 2. The van der Waals surface area contributed by atoms with Crippen LogP contribution in [0.25, 0.3) is 22.6 Å². The predicted molar refractivity (Wildman–Crippen MR) is 114 cm³/mol. The second kappa shape index (κ2) is 8.08. The van der Waals surface area contributed by atoms with Gasteiger partial charge in [-0.1, -0.05) is 18.2 Å². The van der Waals surface area contributed by atoms with Gasteiger partial charge in [-0.25, -0.2) is 23.1 Å². The summed E-state index contributed by atoms with van der Waals surface area (Å²) >= 11 is 0. The highest BCUT2D eigenvalue weighted by Crippen LogP contribution is 2.43. The quantitative estimate of drug-likeness (QED) is 0.404. The molecule has 1 atom stereocenters. The van der Waals surface area contributed by atoms with E-state index in [0.29, 0.717) is 17.8 Å². The Hall–Kier alpha value is -4.48. The molecule has 1 N–H and O–H groups in total. The molecule has 0 saturated carbocycles. The Kier molecular flexibility index (Phi) is 4.87. The average molecular weight is 480 g/mol. The van der Waals surface area contributed by atoms with Crippen LogP contribution >= 0.6 is 0 Å². The van der Waals surface area contributed by atoms with Crippen LogP contribution in [0.15, 0.2) is 57.8 Å². The van der Waals surface area contributed by atoms with Crippen molar-refractivity contribution in [2.75, 3.05) is 6.54 Å².